The number of nitriles is 1. The molecule has 0 saturated heterocycles. The van der Waals surface area contributed by atoms with E-state index in [4.69, 9.17) is 21.7 Å². The van der Waals surface area contributed by atoms with Crippen LogP contribution in [0.2, 0.25) is 0 Å². The number of hydrogen-bond donors (Lipinski definition) is 3. The van der Waals surface area contributed by atoms with Crippen molar-refractivity contribution in [2.45, 2.75) is 18.1 Å². The first kappa shape index (κ1) is 31.4. The zero-order valence-corrected chi connectivity index (χ0v) is 22.7. The van der Waals surface area contributed by atoms with Crippen molar-refractivity contribution in [3.05, 3.63) is 130 Å². The van der Waals surface area contributed by atoms with Gasteiger partial charge in [-0.25, -0.2) is 19.0 Å². The van der Waals surface area contributed by atoms with Crippen LogP contribution in [0.25, 0.3) is 0 Å². The number of hydrogen-bond acceptors (Lipinski definition) is 7. The molecule has 224 valence electrons. The normalized spacial score (nSPS) is 12.6. The monoisotopic (exact) mass is 606 g/mol. The van der Waals surface area contributed by atoms with Crippen molar-refractivity contribution in [3.8, 4) is 23.7 Å². The van der Waals surface area contributed by atoms with Crippen LogP contribution in [0.3, 0.4) is 0 Å². The first-order valence-corrected chi connectivity index (χ1v) is 12.7. The van der Waals surface area contributed by atoms with Crippen molar-refractivity contribution in [2.24, 2.45) is 16.8 Å². The first-order chi connectivity index (χ1) is 21.0. The molecule has 8 nitrogen and oxygen atoms in total. The molecular weight excluding hydrogens is 583 g/mol. The minimum Gasteiger partial charge on any atom is -0.489 e. The van der Waals surface area contributed by atoms with Crippen LogP contribution in [0.15, 0.2) is 84.1 Å². The smallest absolute Gasteiger partial charge is 0.323 e. The summed E-state index contributed by atoms with van der Waals surface area (Å²) in [5, 5.41) is 23.7. The summed E-state index contributed by atoms with van der Waals surface area (Å²) in [4.78, 5) is 3.74. The maximum absolute atomic E-state index is 15.8. The van der Waals surface area contributed by atoms with Gasteiger partial charge in [-0.3, -0.25) is 9.99 Å². The van der Waals surface area contributed by atoms with E-state index in [1.165, 1.54) is 18.2 Å². The average Bonchev–Trinajstić information content (AvgIpc) is 3.00. The molecule has 1 heterocycles. The zero-order chi connectivity index (χ0) is 31.9. The quantitative estimate of drug-likeness (QED) is 0.0642. The highest BCUT2D eigenvalue weighted by Crippen LogP contribution is 2.46. The molecule has 0 aliphatic rings. The van der Waals surface area contributed by atoms with Gasteiger partial charge in [-0.1, -0.05) is 24.0 Å². The maximum Gasteiger partial charge on any atom is 0.323 e. The van der Waals surface area contributed by atoms with E-state index < -0.39 is 46.8 Å². The standard InChI is InChI=1S/C31H23F5N6O2/c32-24-9-12-26(27(33)14-24)30(43,18-42(39)19-41-38)31(35,36)28-13-8-21(16-40-28)5-4-20-6-10-25(11-7-20)44-17-23-3-1-2-22(15-37)29(23)34/h1-3,6-14,16,19,43H,17-18,38-39H2/b41-19-. The third-order valence-corrected chi connectivity index (χ3v) is 6.41. The number of benzene rings is 3. The second-order valence-corrected chi connectivity index (χ2v) is 9.38. The Labute approximate surface area is 248 Å². The lowest BCUT2D eigenvalue weighted by Crippen LogP contribution is -2.53. The molecule has 0 aliphatic heterocycles. The van der Waals surface area contributed by atoms with Crippen molar-refractivity contribution in [1.29, 1.82) is 5.26 Å². The van der Waals surface area contributed by atoms with Crippen LogP contribution in [0.1, 0.15) is 33.5 Å². The van der Waals surface area contributed by atoms with Gasteiger partial charge in [-0.15, -0.1) is 0 Å². The van der Waals surface area contributed by atoms with Crippen LogP contribution in [-0.2, 0) is 18.1 Å². The van der Waals surface area contributed by atoms with E-state index in [2.05, 4.69) is 21.9 Å². The number of ether oxygens (including phenoxy) is 1. The molecule has 0 amide bonds. The van der Waals surface area contributed by atoms with E-state index in [1.807, 2.05) is 0 Å². The molecular formula is C31H23F5N6O2. The molecule has 1 atom stereocenters. The highest BCUT2D eigenvalue weighted by Gasteiger charge is 2.58. The Morgan fingerprint density at radius 3 is 2.34 bits per heavy atom. The van der Waals surface area contributed by atoms with Gasteiger partial charge in [-0.2, -0.15) is 19.1 Å². The van der Waals surface area contributed by atoms with Gasteiger partial charge in [0.1, 0.15) is 47.9 Å². The molecule has 0 aliphatic carbocycles. The summed E-state index contributed by atoms with van der Waals surface area (Å²) in [7, 11) is 0. The predicted molar refractivity (Wildman–Crippen MR) is 150 cm³/mol. The molecule has 44 heavy (non-hydrogen) atoms. The third-order valence-electron chi connectivity index (χ3n) is 6.41. The zero-order valence-electron chi connectivity index (χ0n) is 22.7. The SMILES string of the molecule is N#Cc1cccc(COc2ccc(C#Cc3ccc(C(F)(F)C(O)(CN(N)/C=N\N)c4ccc(F)cc4F)nc3)cc2)c1F. The maximum atomic E-state index is 15.8. The second kappa shape index (κ2) is 13.2. The summed E-state index contributed by atoms with van der Waals surface area (Å²) in [6.07, 6.45) is 1.78. The Balaban J connectivity index is 1.51. The van der Waals surface area contributed by atoms with Crippen molar-refractivity contribution >= 4 is 6.34 Å². The molecule has 4 rings (SSSR count). The highest BCUT2D eigenvalue weighted by molar-refractivity contribution is 5.54. The Bertz CT molecular complexity index is 1770. The number of nitrogens with zero attached hydrogens (tertiary/aromatic N) is 4. The van der Waals surface area contributed by atoms with E-state index in [9.17, 15) is 18.3 Å². The molecule has 0 spiro atoms. The lowest BCUT2D eigenvalue weighted by Gasteiger charge is -2.37. The Morgan fingerprint density at radius 1 is 1.00 bits per heavy atom. The Hall–Kier alpha value is -5.50. The number of pyridine rings is 1. The lowest BCUT2D eigenvalue weighted by molar-refractivity contribution is -0.203. The summed E-state index contributed by atoms with van der Waals surface area (Å²) >= 11 is 0. The molecule has 13 heteroatoms. The fourth-order valence-electron chi connectivity index (χ4n) is 4.15. The van der Waals surface area contributed by atoms with Crippen molar-refractivity contribution in [2.75, 3.05) is 6.54 Å². The van der Waals surface area contributed by atoms with E-state index in [-0.39, 0.29) is 23.3 Å². The molecule has 4 aromatic rings. The Morgan fingerprint density at radius 2 is 1.70 bits per heavy atom. The van der Waals surface area contributed by atoms with Gasteiger partial charge in [0.05, 0.1) is 12.1 Å². The van der Waals surface area contributed by atoms with Crippen molar-refractivity contribution < 1.29 is 31.8 Å². The number of alkyl halides is 2. The van der Waals surface area contributed by atoms with Crippen molar-refractivity contribution in [3.63, 3.8) is 0 Å². The predicted octanol–water partition coefficient (Wildman–Crippen LogP) is 4.41. The van der Waals surface area contributed by atoms with Gasteiger partial charge in [0.25, 0.3) is 0 Å². The largest absolute Gasteiger partial charge is 0.489 e. The summed E-state index contributed by atoms with van der Waals surface area (Å²) in [6, 6.07) is 16.6. The summed E-state index contributed by atoms with van der Waals surface area (Å²) in [5.74, 6) is 9.27. The number of aromatic nitrogens is 1. The number of hydrazine groups is 1. The van der Waals surface area contributed by atoms with E-state index >= 15 is 8.78 Å². The van der Waals surface area contributed by atoms with Crippen LogP contribution in [-0.4, -0.2) is 28.0 Å². The molecule has 1 aromatic heterocycles. The van der Waals surface area contributed by atoms with Gasteiger partial charge in [0.2, 0.25) is 0 Å². The summed E-state index contributed by atoms with van der Waals surface area (Å²) < 4.78 is 79.5. The number of aliphatic hydroxyl groups is 1. The van der Waals surface area contributed by atoms with E-state index in [0.717, 1.165) is 24.7 Å². The lowest BCUT2D eigenvalue weighted by atomic mass is 9.84. The molecule has 0 fully saturated rings. The minimum absolute atomic E-state index is 0.0832. The van der Waals surface area contributed by atoms with Crippen LogP contribution in [0, 0.1) is 40.6 Å². The van der Waals surface area contributed by atoms with Gasteiger partial charge in [0, 0.05) is 34.5 Å². The second-order valence-electron chi connectivity index (χ2n) is 9.38. The van der Waals surface area contributed by atoms with Gasteiger partial charge >= 0.3 is 5.92 Å². The first-order valence-electron chi connectivity index (χ1n) is 12.7. The molecule has 3 aromatic carbocycles. The fourth-order valence-corrected chi connectivity index (χ4v) is 4.15. The summed E-state index contributed by atoms with van der Waals surface area (Å²) in [5.41, 5.74) is -4.27. The van der Waals surface area contributed by atoms with E-state index in [0.29, 0.717) is 28.5 Å². The van der Waals surface area contributed by atoms with Crippen LogP contribution < -0.4 is 16.4 Å². The number of halogens is 5. The molecule has 1 unspecified atom stereocenters. The highest BCUT2D eigenvalue weighted by atomic mass is 19.3. The van der Waals surface area contributed by atoms with Crippen LogP contribution in [0.4, 0.5) is 22.0 Å². The molecule has 0 radical (unpaired) electrons. The van der Waals surface area contributed by atoms with Gasteiger partial charge in [-0.05, 0) is 54.6 Å². The molecule has 0 bridgehead atoms. The third kappa shape index (κ3) is 6.76. The van der Waals surface area contributed by atoms with Crippen LogP contribution >= 0.6 is 0 Å². The molecule has 0 saturated carbocycles. The topological polar surface area (TPSA) is 134 Å². The fraction of sp³-hybridized carbons (Fsp3) is 0.129. The van der Waals surface area contributed by atoms with Gasteiger partial charge in [0.15, 0.2) is 5.60 Å². The van der Waals surface area contributed by atoms with E-state index in [1.54, 1.807) is 36.4 Å². The Kier molecular flexibility index (Phi) is 9.44. The number of rotatable bonds is 9. The molecule has 5 N–H and O–H groups in total. The number of nitrogens with two attached hydrogens (primary N) is 2. The summed E-state index contributed by atoms with van der Waals surface area (Å²) in [6.45, 7) is -1.19. The minimum atomic E-state index is -4.24. The van der Waals surface area contributed by atoms with Gasteiger partial charge < -0.3 is 15.7 Å². The van der Waals surface area contributed by atoms with Crippen LogP contribution in [0.5, 0.6) is 5.75 Å². The number of hydrazone groups is 1. The average molecular weight is 607 g/mol. The van der Waals surface area contributed by atoms with Crippen molar-refractivity contribution in [1.82, 2.24) is 9.99 Å².